The Balaban J connectivity index is -0.0000000200. The molecular weight excluding hydrogens is 174 g/mol. The van der Waals surface area contributed by atoms with Crippen LogP contribution >= 0.6 is 12.4 Å². The molecule has 0 bridgehead atoms. The van der Waals surface area contributed by atoms with Crippen molar-refractivity contribution in [3.8, 4) is 0 Å². The Hall–Kier alpha value is 0.523. The maximum absolute atomic E-state index is 3.25. The van der Waals surface area contributed by atoms with Crippen molar-refractivity contribution in [1.29, 1.82) is 0 Å². The van der Waals surface area contributed by atoms with Gasteiger partial charge < -0.3 is 0 Å². The minimum Gasteiger partial charge on any atom is -0.245 e. The first-order valence-electron chi connectivity index (χ1n) is 0.816. The monoisotopic (exact) mass is 180 g/mol. The Morgan fingerprint density at radius 3 is 1.60 bits per heavy atom. The standard InChI is InChI=1S/C3H5.ClH.Rh/c1-3-2;;/h3H,1-2H2;1H;/q-1;;. The number of halogens is 1. The van der Waals surface area contributed by atoms with Gasteiger partial charge in [0.2, 0.25) is 0 Å². The molecule has 0 nitrogen and oxygen atoms in total. The van der Waals surface area contributed by atoms with Gasteiger partial charge in [0.1, 0.15) is 0 Å². The molecule has 0 aliphatic heterocycles. The largest absolute Gasteiger partial charge is 0.245 e. The van der Waals surface area contributed by atoms with E-state index < -0.39 is 0 Å². The van der Waals surface area contributed by atoms with Crippen LogP contribution in [0.15, 0.2) is 12.7 Å². The Bertz CT molecular complexity index is 14.4. The fourth-order valence-corrected chi connectivity index (χ4v) is 0. The third-order valence-electron chi connectivity index (χ3n) is 0. The topological polar surface area (TPSA) is 0 Å². The molecule has 0 saturated carbocycles. The summed E-state index contributed by atoms with van der Waals surface area (Å²) in [6, 6.07) is 0. The van der Waals surface area contributed by atoms with Gasteiger partial charge in [-0.25, -0.2) is 19.6 Å². The molecule has 0 aromatic rings. The normalized spacial score (nSPS) is 2.40. The average Bonchev–Trinajstić information content (AvgIpc) is 0.918. The van der Waals surface area contributed by atoms with E-state index in [-0.39, 0.29) is 31.9 Å². The summed E-state index contributed by atoms with van der Waals surface area (Å²) in [6.45, 7) is 6.50. The van der Waals surface area contributed by atoms with Crippen LogP contribution in [0.4, 0.5) is 0 Å². The van der Waals surface area contributed by atoms with Crippen LogP contribution < -0.4 is 0 Å². The molecule has 0 rings (SSSR count). The van der Waals surface area contributed by atoms with Gasteiger partial charge in [-0.05, 0) is 0 Å². The van der Waals surface area contributed by atoms with Crippen molar-refractivity contribution in [2.45, 2.75) is 0 Å². The number of rotatable bonds is 0. The molecule has 0 saturated heterocycles. The molecule has 0 aromatic heterocycles. The van der Waals surface area contributed by atoms with E-state index in [2.05, 4.69) is 13.5 Å². The summed E-state index contributed by atoms with van der Waals surface area (Å²) < 4.78 is 0. The maximum atomic E-state index is 3.25. The van der Waals surface area contributed by atoms with Gasteiger partial charge in [0.05, 0.1) is 0 Å². The molecule has 0 fully saturated rings. The van der Waals surface area contributed by atoms with Crippen molar-refractivity contribution in [2.24, 2.45) is 0 Å². The van der Waals surface area contributed by atoms with Crippen molar-refractivity contribution in [3.63, 3.8) is 0 Å². The molecule has 0 unspecified atom stereocenters. The Labute approximate surface area is 51.8 Å². The first-order chi connectivity index (χ1) is 1.41. The molecule has 35 valence electrons. The molecule has 2 heteroatoms. The molecule has 1 radical (unpaired) electrons. The van der Waals surface area contributed by atoms with Gasteiger partial charge in [0.25, 0.3) is 0 Å². The zero-order valence-electron chi connectivity index (χ0n) is 2.73. The first-order valence-corrected chi connectivity index (χ1v) is 0.816. The van der Waals surface area contributed by atoms with Crippen LogP contribution in [0.25, 0.3) is 0 Å². The summed E-state index contributed by atoms with van der Waals surface area (Å²) in [5.41, 5.74) is 0. The number of hydrogen-bond acceptors (Lipinski definition) is 0. The zero-order chi connectivity index (χ0) is 2.71. The van der Waals surface area contributed by atoms with E-state index in [9.17, 15) is 0 Å². The smallest absolute Gasteiger partial charge is 0 e. The van der Waals surface area contributed by atoms with E-state index in [4.69, 9.17) is 0 Å². The van der Waals surface area contributed by atoms with Gasteiger partial charge in [0.15, 0.2) is 0 Å². The SMILES string of the molecule is C=C[CH2-].Cl.[Rh]. The van der Waals surface area contributed by atoms with Gasteiger partial charge >= 0.3 is 0 Å². The molecular formula is C3H6ClRh-. The van der Waals surface area contributed by atoms with Crippen LogP contribution in [-0.4, -0.2) is 0 Å². The Morgan fingerprint density at radius 1 is 1.60 bits per heavy atom. The van der Waals surface area contributed by atoms with Crippen molar-refractivity contribution in [3.05, 3.63) is 19.6 Å². The first kappa shape index (κ1) is 17.7. The van der Waals surface area contributed by atoms with Crippen LogP contribution in [0.1, 0.15) is 0 Å². The number of hydrogen-bond donors (Lipinski definition) is 0. The Kier molecular flexibility index (Phi) is 85.9. The van der Waals surface area contributed by atoms with Crippen LogP contribution in [0.2, 0.25) is 0 Å². The third kappa shape index (κ3) is 105. The average molecular weight is 180 g/mol. The van der Waals surface area contributed by atoms with Crippen LogP contribution in [0, 0.1) is 6.92 Å². The summed E-state index contributed by atoms with van der Waals surface area (Å²) in [6.07, 6.45) is 1.50. The second-order valence-electron chi connectivity index (χ2n) is 0.289. The molecule has 0 heterocycles. The van der Waals surface area contributed by atoms with E-state index in [1.165, 1.54) is 6.08 Å². The summed E-state index contributed by atoms with van der Waals surface area (Å²) in [5.74, 6) is 0. The molecule has 0 aliphatic carbocycles. The van der Waals surface area contributed by atoms with E-state index in [0.717, 1.165) is 0 Å². The molecule has 0 spiro atoms. The molecule has 0 aliphatic rings. The van der Waals surface area contributed by atoms with Gasteiger partial charge in [-0.15, -0.1) is 12.4 Å². The zero-order valence-corrected chi connectivity index (χ0v) is 5.19. The summed E-state index contributed by atoms with van der Waals surface area (Å²) in [7, 11) is 0. The molecule has 0 amide bonds. The van der Waals surface area contributed by atoms with E-state index >= 15 is 0 Å². The summed E-state index contributed by atoms with van der Waals surface area (Å²) in [4.78, 5) is 0. The maximum Gasteiger partial charge on any atom is 0 e. The molecule has 0 N–H and O–H groups in total. The molecule has 0 aromatic carbocycles. The van der Waals surface area contributed by atoms with Gasteiger partial charge in [-0.2, -0.15) is 0 Å². The second-order valence-corrected chi connectivity index (χ2v) is 0.289. The van der Waals surface area contributed by atoms with E-state index in [0.29, 0.717) is 0 Å². The van der Waals surface area contributed by atoms with Crippen molar-refractivity contribution in [2.75, 3.05) is 0 Å². The quantitative estimate of drug-likeness (QED) is 0.391. The fraction of sp³-hybridized carbons (Fsp3) is 0. The van der Waals surface area contributed by atoms with Crippen molar-refractivity contribution < 1.29 is 19.5 Å². The second kappa shape index (κ2) is 24.2. The minimum atomic E-state index is 0. The molecule has 5 heavy (non-hydrogen) atoms. The van der Waals surface area contributed by atoms with E-state index in [1.54, 1.807) is 0 Å². The van der Waals surface area contributed by atoms with Crippen molar-refractivity contribution >= 4 is 12.4 Å². The summed E-state index contributed by atoms with van der Waals surface area (Å²) >= 11 is 0. The van der Waals surface area contributed by atoms with Gasteiger partial charge in [0, 0.05) is 19.5 Å². The van der Waals surface area contributed by atoms with Gasteiger partial charge in [-0.1, -0.05) is 0 Å². The predicted octanol–water partition coefficient (Wildman–Crippen LogP) is 1.43. The minimum absolute atomic E-state index is 0. The third-order valence-corrected chi connectivity index (χ3v) is 0. The number of allylic oxidation sites excluding steroid dienone is 1. The summed E-state index contributed by atoms with van der Waals surface area (Å²) in [5, 5.41) is 0. The van der Waals surface area contributed by atoms with E-state index in [1.807, 2.05) is 0 Å². The van der Waals surface area contributed by atoms with Gasteiger partial charge in [-0.3, -0.25) is 0 Å². The van der Waals surface area contributed by atoms with Crippen LogP contribution in [-0.2, 0) is 19.5 Å². The van der Waals surface area contributed by atoms with Crippen LogP contribution in [0.5, 0.6) is 0 Å². The fourth-order valence-electron chi connectivity index (χ4n) is 0. The van der Waals surface area contributed by atoms with Crippen molar-refractivity contribution in [1.82, 2.24) is 0 Å². The van der Waals surface area contributed by atoms with Crippen LogP contribution in [0.3, 0.4) is 0 Å². The predicted molar refractivity (Wildman–Crippen MR) is 22.8 cm³/mol. The Morgan fingerprint density at radius 2 is 1.60 bits per heavy atom. The molecule has 0 atom stereocenters.